The summed E-state index contributed by atoms with van der Waals surface area (Å²) in [7, 11) is 0. The van der Waals surface area contributed by atoms with E-state index >= 15 is 0 Å². The molecule has 1 aromatic rings. The normalized spacial score (nSPS) is 18.3. The van der Waals surface area contributed by atoms with E-state index in [2.05, 4.69) is 16.0 Å². The van der Waals surface area contributed by atoms with E-state index in [1.165, 1.54) is 0 Å². The van der Waals surface area contributed by atoms with Crippen LogP contribution in [-0.2, 0) is 14.4 Å². The third kappa shape index (κ3) is 6.66. The van der Waals surface area contributed by atoms with E-state index in [9.17, 15) is 24.0 Å². The van der Waals surface area contributed by atoms with Gasteiger partial charge in [-0.3, -0.25) is 34.2 Å². The first-order valence-corrected chi connectivity index (χ1v) is 12.3. The molecule has 5 amide bonds. The van der Waals surface area contributed by atoms with E-state index in [-0.39, 0.29) is 42.5 Å². The van der Waals surface area contributed by atoms with Gasteiger partial charge in [-0.15, -0.1) is 0 Å². The Kier molecular flexibility index (Phi) is 9.36. The van der Waals surface area contributed by atoms with Crippen LogP contribution in [0.4, 0.5) is 5.69 Å². The number of piperidine rings is 1. The maximum absolute atomic E-state index is 13.1. The minimum absolute atomic E-state index is 0.0103. The summed E-state index contributed by atoms with van der Waals surface area (Å²) in [6.07, 6.45) is 5.80. The molecule has 10 nitrogen and oxygen atoms in total. The largest absolute Gasteiger partial charge is 0.396 e. The highest BCUT2D eigenvalue weighted by Gasteiger charge is 2.45. The average molecular weight is 487 g/mol. The van der Waals surface area contributed by atoms with Crippen molar-refractivity contribution in [1.82, 2.24) is 15.5 Å². The lowest BCUT2D eigenvalue weighted by Crippen LogP contribution is -2.54. The Morgan fingerprint density at radius 2 is 1.86 bits per heavy atom. The predicted octanol–water partition coefficient (Wildman–Crippen LogP) is 1.73. The SMILES string of the molecule is CC(CCO)NC(=O)CCCCCCCNc1cccc2c1C(=O)N(C1CCC(=O)NC1=O)C2=O. The van der Waals surface area contributed by atoms with Gasteiger partial charge in [-0.2, -0.15) is 0 Å². The molecule has 2 atom stereocenters. The lowest BCUT2D eigenvalue weighted by molar-refractivity contribution is -0.136. The van der Waals surface area contributed by atoms with Gasteiger partial charge in [-0.1, -0.05) is 25.3 Å². The molecule has 1 aromatic carbocycles. The molecule has 2 unspecified atom stereocenters. The highest BCUT2D eigenvalue weighted by molar-refractivity contribution is 6.25. The van der Waals surface area contributed by atoms with Gasteiger partial charge in [0.1, 0.15) is 6.04 Å². The van der Waals surface area contributed by atoms with Crippen molar-refractivity contribution in [3.63, 3.8) is 0 Å². The first-order valence-electron chi connectivity index (χ1n) is 12.3. The molecule has 2 aliphatic heterocycles. The van der Waals surface area contributed by atoms with Crippen molar-refractivity contribution in [1.29, 1.82) is 0 Å². The zero-order valence-electron chi connectivity index (χ0n) is 20.1. The van der Waals surface area contributed by atoms with Crippen LogP contribution in [0, 0.1) is 0 Å². The average Bonchev–Trinajstić information content (AvgIpc) is 3.06. The smallest absolute Gasteiger partial charge is 0.264 e. The fraction of sp³-hybridized carbons (Fsp3) is 0.560. The molecule has 0 saturated carbocycles. The summed E-state index contributed by atoms with van der Waals surface area (Å²) < 4.78 is 0. The maximum atomic E-state index is 13.1. The summed E-state index contributed by atoms with van der Waals surface area (Å²) in [4.78, 5) is 62.4. The molecular formula is C25H34N4O6. The summed E-state index contributed by atoms with van der Waals surface area (Å²) in [6.45, 7) is 2.55. The van der Waals surface area contributed by atoms with Gasteiger partial charge in [0.15, 0.2) is 0 Å². The standard InChI is InChI=1S/C25H34N4O6/c1-16(13-15-30)27-20(31)10-5-3-2-4-6-14-26-18-9-7-8-17-22(18)25(35)29(24(17)34)19-11-12-21(32)28-23(19)33/h7-9,16,19,26,30H,2-6,10-15H2,1H3,(H,27,31)(H,28,32,33). The molecule has 0 aromatic heterocycles. The molecule has 1 saturated heterocycles. The number of fused-ring (bicyclic) bond motifs is 1. The molecule has 3 rings (SSSR count). The third-order valence-electron chi connectivity index (χ3n) is 6.33. The summed E-state index contributed by atoms with van der Waals surface area (Å²) in [5.41, 5.74) is 1.09. The number of carbonyl (C=O) groups is 5. The van der Waals surface area contributed by atoms with Crippen LogP contribution in [0.15, 0.2) is 18.2 Å². The number of amides is 5. The van der Waals surface area contributed by atoms with Gasteiger partial charge in [-0.25, -0.2) is 0 Å². The fourth-order valence-corrected chi connectivity index (χ4v) is 4.44. The summed E-state index contributed by atoms with van der Waals surface area (Å²) in [5, 5.41) is 17.2. The number of aliphatic hydroxyl groups is 1. The molecule has 10 heteroatoms. The topological polar surface area (TPSA) is 145 Å². The molecule has 0 radical (unpaired) electrons. The van der Waals surface area contributed by atoms with E-state index in [0.717, 1.165) is 37.0 Å². The molecule has 0 spiro atoms. The van der Waals surface area contributed by atoms with Gasteiger partial charge >= 0.3 is 0 Å². The van der Waals surface area contributed by atoms with Gasteiger partial charge in [0.2, 0.25) is 17.7 Å². The van der Waals surface area contributed by atoms with Gasteiger partial charge in [0.05, 0.1) is 11.1 Å². The van der Waals surface area contributed by atoms with Crippen molar-refractivity contribution < 1.29 is 29.1 Å². The number of nitrogens with zero attached hydrogens (tertiary/aromatic N) is 1. The predicted molar refractivity (Wildman–Crippen MR) is 129 cm³/mol. The number of aliphatic hydroxyl groups excluding tert-OH is 1. The van der Waals surface area contributed by atoms with E-state index < -0.39 is 29.7 Å². The van der Waals surface area contributed by atoms with Crippen LogP contribution in [0.1, 0.15) is 85.4 Å². The van der Waals surface area contributed by atoms with Crippen LogP contribution >= 0.6 is 0 Å². The number of nitrogens with one attached hydrogen (secondary N) is 3. The first kappa shape index (κ1) is 26.3. The minimum Gasteiger partial charge on any atom is -0.396 e. The quantitative estimate of drug-likeness (QED) is 0.245. The Labute approximate surface area is 204 Å². The molecule has 0 aliphatic carbocycles. The molecule has 190 valence electrons. The number of unbranched alkanes of at least 4 members (excludes halogenated alkanes) is 4. The van der Waals surface area contributed by atoms with Crippen LogP contribution in [0.2, 0.25) is 0 Å². The number of hydrogen-bond donors (Lipinski definition) is 4. The van der Waals surface area contributed by atoms with Gasteiger partial charge in [0.25, 0.3) is 11.8 Å². The highest BCUT2D eigenvalue weighted by Crippen LogP contribution is 2.32. The third-order valence-corrected chi connectivity index (χ3v) is 6.33. The molecule has 2 heterocycles. The fourth-order valence-electron chi connectivity index (χ4n) is 4.44. The second kappa shape index (κ2) is 12.4. The summed E-state index contributed by atoms with van der Waals surface area (Å²) in [6, 6.07) is 4.03. The number of carbonyl (C=O) groups excluding carboxylic acids is 5. The summed E-state index contributed by atoms with van der Waals surface area (Å²) in [5.74, 6) is -2.05. The van der Waals surface area contributed by atoms with Gasteiger partial charge in [0, 0.05) is 37.7 Å². The van der Waals surface area contributed by atoms with Crippen LogP contribution in [0.3, 0.4) is 0 Å². The number of rotatable bonds is 13. The van der Waals surface area contributed by atoms with Crippen LogP contribution in [-0.4, -0.2) is 64.8 Å². The number of hydrogen-bond acceptors (Lipinski definition) is 7. The number of anilines is 1. The van der Waals surface area contributed by atoms with Crippen molar-refractivity contribution in [2.75, 3.05) is 18.5 Å². The van der Waals surface area contributed by atoms with Crippen molar-refractivity contribution in [2.45, 2.75) is 76.8 Å². The Balaban J connectivity index is 1.42. The second-order valence-electron chi connectivity index (χ2n) is 9.10. The first-order chi connectivity index (χ1) is 16.8. The molecule has 0 bridgehead atoms. The zero-order valence-corrected chi connectivity index (χ0v) is 20.1. The molecule has 2 aliphatic rings. The Morgan fingerprint density at radius 3 is 2.60 bits per heavy atom. The highest BCUT2D eigenvalue weighted by atomic mass is 16.3. The number of benzene rings is 1. The van der Waals surface area contributed by atoms with E-state index in [4.69, 9.17) is 5.11 Å². The molecule has 1 fully saturated rings. The molecule has 35 heavy (non-hydrogen) atoms. The zero-order chi connectivity index (χ0) is 25.4. The van der Waals surface area contributed by atoms with Crippen LogP contribution < -0.4 is 16.0 Å². The van der Waals surface area contributed by atoms with Gasteiger partial charge < -0.3 is 15.7 Å². The molecular weight excluding hydrogens is 452 g/mol. The van der Waals surface area contributed by atoms with Crippen LogP contribution in [0.5, 0.6) is 0 Å². The summed E-state index contributed by atoms with van der Waals surface area (Å²) >= 11 is 0. The van der Waals surface area contributed by atoms with Crippen molar-refractivity contribution in [2.24, 2.45) is 0 Å². The van der Waals surface area contributed by atoms with E-state index in [1.807, 2.05) is 6.92 Å². The minimum atomic E-state index is -0.979. The monoisotopic (exact) mass is 486 g/mol. The Hall–Kier alpha value is -3.27. The number of imide groups is 2. The van der Waals surface area contributed by atoms with E-state index in [1.54, 1.807) is 18.2 Å². The second-order valence-corrected chi connectivity index (χ2v) is 9.10. The van der Waals surface area contributed by atoms with Crippen molar-refractivity contribution in [3.05, 3.63) is 29.3 Å². The lowest BCUT2D eigenvalue weighted by atomic mass is 10.0. The van der Waals surface area contributed by atoms with Crippen molar-refractivity contribution in [3.8, 4) is 0 Å². The van der Waals surface area contributed by atoms with Crippen molar-refractivity contribution >= 4 is 35.2 Å². The van der Waals surface area contributed by atoms with Crippen LogP contribution in [0.25, 0.3) is 0 Å². The van der Waals surface area contributed by atoms with E-state index in [0.29, 0.717) is 25.1 Å². The molecule has 4 N–H and O–H groups in total. The maximum Gasteiger partial charge on any atom is 0.264 e. The van der Waals surface area contributed by atoms with Gasteiger partial charge in [-0.05, 0) is 44.7 Å². The lowest BCUT2D eigenvalue weighted by Gasteiger charge is -2.27. The Bertz CT molecular complexity index is 979. The Morgan fingerprint density at radius 1 is 1.11 bits per heavy atom.